The standard InChI is InChI=1S/C21H29N3O3.CH2O2/c1-15-5-9-23(10-6-15)19(25)7-11-24-12-8-22-21(24)17-13-16(2)14-18(26-3)20(17)27-4;2-1-3/h8,12-15H,5-7,9-11H2,1-4H3;1H,(H,2,3). The molecular formula is C22H31N3O5. The molecule has 2 heterocycles. The Balaban J connectivity index is 0.00000101. The van der Waals surface area contributed by atoms with Crippen LogP contribution in [0.15, 0.2) is 24.5 Å². The van der Waals surface area contributed by atoms with Crippen molar-refractivity contribution < 1.29 is 24.2 Å². The normalized spacial score (nSPS) is 13.9. The van der Waals surface area contributed by atoms with Crippen molar-refractivity contribution in [2.24, 2.45) is 5.92 Å². The van der Waals surface area contributed by atoms with Crippen LogP contribution in [-0.4, -0.2) is 59.2 Å². The molecule has 1 fully saturated rings. The predicted molar refractivity (Wildman–Crippen MR) is 114 cm³/mol. The summed E-state index contributed by atoms with van der Waals surface area (Å²) >= 11 is 0. The fourth-order valence-corrected chi connectivity index (χ4v) is 3.63. The van der Waals surface area contributed by atoms with Gasteiger partial charge in [-0.3, -0.25) is 9.59 Å². The van der Waals surface area contributed by atoms with Crippen LogP contribution in [0.5, 0.6) is 11.5 Å². The van der Waals surface area contributed by atoms with Crippen molar-refractivity contribution in [2.45, 2.75) is 39.7 Å². The van der Waals surface area contributed by atoms with Crippen LogP contribution in [0.3, 0.4) is 0 Å². The first-order valence-corrected chi connectivity index (χ1v) is 10.0. The number of amides is 1. The second-order valence-electron chi connectivity index (χ2n) is 7.41. The number of nitrogens with zero attached hydrogens (tertiary/aromatic N) is 3. The van der Waals surface area contributed by atoms with Crippen LogP contribution in [-0.2, 0) is 16.1 Å². The summed E-state index contributed by atoms with van der Waals surface area (Å²) in [5, 5.41) is 6.89. The SMILES string of the molecule is COc1cc(C)cc(-c2nccn2CCC(=O)N2CCC(C)CC2)c1OC.O=CO. The summed E-state index contributed by atoms with van der Waals surface area (Å²) in [6.45, 7) is 6.36. The van der Waals surface area contributed by atoms with Gasteiger partial charge < -0.3 is 24.0 Å². The maximum Gasteiger partial charge on any atom is 0.290 e. The van der Waals surface area contributed by atoms with E-state index >= 15 is 0 Å². The van der Waals surface area contributed by atoms with Gasteiger partial charge >= 0.3 is 0 Å². The second kappa shape index (κ2) is 11.2. The van der Waals surface area contributed by atoms with Gasteiger partial charge in [0.2, 0.25) is 5.91 Å². The number of carbonyl (C=O) groups is 2. The van der Waals surface area contributed by atoms with Crippen LogP contribution in [0.4, 0.5) is 0 Å². The molecular weight excluding hydrogens is 386 g/mol. The first-order chi connectivity index (χ1) is 14.4. The van der Waals surface area contributed by atoms with Gasteiger partial charge in [-0.1, -0.05) is 6.92 Å². The van der Waals surface area contributed by atoms with Crippen LogP contribution < -0.4 is 9.47 Å². The number of piperidine rings is 1. The van der Waals surface area contributed by atoms with Gasteiger partial charge in [-0.05, 0) is 43.4 Å². The second-order valence-corrected chi connectivity index (χ2v) is 7.41. The van der Waals surface area contributed by atoms with E-state index in [9.17, 15) is 4.79 Å². The lowest BCUT2D eigenvalue weighted by Crippen LogP contribution is -2.38. The molecule has 30 heavy (non-hydrogen) atoms. The average Bonchev–Trinajstić information content (AvgIpc) is 3.20. The zero-order valence-corrected chi connectivity index (χ0v) is 18.1. The zero-order chi connectivity index (χ0) is 22.1. The number of rotatable bonds is 6. The van der Waals surface area contributed by atoms with Gasteiger partial charge in [0.15, 0.2) is 11.5 Å². The Kier molecular flexibility index (Phi) is 8.70. The van der Waals surface area contributed by atoms with E-state index in [1.165, 1.54) is 0 Å². The van der Waals surface area contributed by atoms with E-state index < -0.39 is 0 Å². The number of carbonyl (C=O) groups excluding carboxylic acids is 1. The van der Waals surface area contributed by atoms with Crippen LogP contribution in [0.25, 0.3) is 11.4 Å². The molecule has 164 valence electrons. The molecule has 1 aromatic heterocycles. The predicted octanol–water partition coefficient (Wildman–Crippen LogP) is 3.23. The highest BCUT2D eigenvalue weighted by Gasteiger charge is 2.21. The number of hydrogen-bond donors (Lipinski definition) is 1. The van der Waals surface area contributed by atoms with E-state index in [1.54, 1.807) is 20.4 Å². The van der Waals surface area contributed by atoms with Gasteiger partial charge in [0.1, 0.15) is 5.82 Å². The van der Waals surface area contributed by atoms with E-state index in [-0.39, 0.29) is 12.4 Å². The average molecular weight is 418 g/mol. The summed E-state index contributed by atoms with van der Waals surface area (Å²) in [5.41, 5.74) is 1.94. The largest absolute Gasteiger partial charge is 0.493 e. The summed E-state index contributed by atoms with van der Waals surface area (Å²) in [6, 6.07) is 3.98. The van der Waals surface area contributed by atoms with Crippen molar-refractivity contribution >= 4 is 12.4 Å². The van der Waals surface area contributed by atoms with E-state index in [0.29, 0.717) is 24.5 Å². The highest BCUT2D eigenvalue weighted by atomic mass is 16.5. The summed E-state index contributed by atoms with van der Waals surface area (Å²) < 4.78 is 13.1. The molecule has 8 nitrogen and oxygen atoms in total. The molecule has 0 bridgehead atoms. The number of imidazole rings is 1. The van der Waals surface area contributed by atoms with Gasteiger partial charge in [-0.15, -0.1) is 0 Å². The lowest BCUT2D eigenvalue weighted by atomic mass is 9.99. The van der Waals surface area contributed by atoms with Gasteiger partial charge in [-0.25, -0.2) is 4.98 Å². The number of aromatic nitrogens is 2. The maximum atomic E-state index is 12.6. The molecule has 1 saturated heterocycles. The third kappa shape index (κ3) is 5.75. The minimum atomic E-state index is -0.250. The Labute approximate surface area is 177 Å². The molecule has 3 rings (SSSR count). The number of ether oxygens (including phenoxy) is 2. The van der Waals surface area contributed by atoms with Crippen molar-refractivity contribution in [1.82, 2.24) is 14.5 Å². The summed E-state index contributed by atoms with van der Waals surface area (Å²) in [6.07, 6.45) is 6.35. The highest BCUT2D eigenvalue weighted by Crippen LogP contribution is 2.38. The molecule has 1 N–H and O–H groups in total. The Morgan fingerprint density at radius 3 is 2.53 bits per heavy atom. The third-order valence-electron chi connectivity index (χ3n) is 5.28. The van der Waals surface area contributed by atoms with Crippen LogP contribution in [0.2, 0.25) is 0 Å². The van der Waals surface area contributed by atoms with Crippen molar-refractivity contribution in [2.75, 3.05) is 27.3 Å². The first-order valence-electron chi connectivity index (χ1n) is 10.0. The summed E-state index contributed by atoms with van der Waals surface area (Å²) in [7, 11) is 3.26. The van der Waals surface area contributed by atoms with Gasteiger partial charge in [0.05, 0.1) is 19.8 Å². The molecule has 1 amide bonds. The number of likely N-dealkylation sites (tertiary alicyclic amines) is 1. The van der Waals surface area contributed by atoms with Crippen molar-refractivity contribution in [3.63, 3.8) is 0 Å². The Hall–Kier alpha value is -3.03. The lowest BCUT2D eigenvalue weighted by Gasteiger charge is -2.30. The molecule has 0 spiro atoms. The minimum Gasteiger partial charge on any atom is -0.493 e. The molecule has 2 aromatic rings. The summed E-state index contributed by atoms with van der Waals surface area (Å²) in [4.78, 5) is 27.4. The fourth-order valence-electron chi connectivity index (χ4n) is 3.63. The minimum absolute atomic E-state index is 0.218. The molecule has 0 radical (unpaired) electrons. The molecule has 0 atom stereocenters. The monoisotopic (exact) mass is 417 g/mol. The quantitative estimate of drug-likeness (QED) is 0.726. The lowest BCUT2D eigenvalue weighted by molar-refractivity contribution is -0.132. The molecule has 0 aliphatic carbocycles. The van der Waals surface area contributed by atoms with E-state index in [0.717, 1.165) is 48.8 Å². The third-order valence-corrected chi connectivity index (χ3v) is 5.28. The van der Waals surface area contributed by atoms with Crippen LogP contribution in [0.1, 0.15) is 31.7 Å². The molecule has 8 heteroatoms. The van der Waals surface area contributed by atoms with Crippen LogP contribution >= 0.6 is 0 Å². The number of aryl methyl sites for hydroxylation is 2. The molecule has 0 saturated carbocycles. The van der Waals surface area contributed by atoms with E-state index in [4.69, 9.17) is 19.4 Å². The van der Waals surface area contributed by atoms with E-state index in [1.807, 2.05) is 34.7 Å². The molecule has 1 aromatic carbocycles. The first kappa shape index (κ1) is 23.3. The smallest absolute Gasteiger partial charge is 0.290 e. The van der Waals surface area contributed by atoms with Crippen molar-refractivity contribution in [3.05, 3.63) is 30.1 Å². The van der Waals surface area contributed by atoms with E-state index in [2.05, 4.69) is 11.9 Å². The van der Waals surface area contributed by atoms with Gasteiger partial charge in [0, 0.05) is 38.4 Å². The number of carboxylic acid groups (broad SMARTS) is 1. The fraction of sp³-hybridized carbons (Fsp3) is 0.500. The number of methoxy groups -OCH3 is 2. The molecule has 1 aliphatic rings. The summed E-state index contributed by atoms with van der Waals surface area (Å²) in [5.74, 6) is 3.06. The number of benzene rings is 1. The topological polar surface area (TPSA) is 93.9 Å². The zero-order valence-electron chi connectivity index (χ0n) is 18.1. The van der Waals surface area contributed by atoms with Crippen molar-refractivity contribution in [3.8, 4) is 22.9 Å². The Bertz CT molecular complexity index is 841. The molecule has 1 aliphatic heterocycles. The highest BCUT2D eigenvalue weighted by molar-refractivity contribution is 5.76. The number of hydrogen-bond acceptors (Lipinski definition) is 5. The molecule has 0 unspecified atom stereocenters. The van der Waals surface area contributed by atoms with Gasteiger partial charge in [0.25, 0.3) is 6.47 Å². The Morgan fingerprint density at radius 1 is 1.27 bits per heavy atom. The van der Waals surface area contributed by atoms with Crippen LogP contribution in [0, 0.1) is 12.8 Å². The van der Waals surface area contributed by atoms with Gasteiger partial charge in [-0.2, -0.15) is 0 Å². The Morgan fingerprint density at radius 2 is 1.93 bits per heavy atom. The van der Waals surface area contributed by atoms with Crippen molar-refractivity contribution in [1.29, 1.82) is 0 Å². The maximum absolute atomic E-state index is 12.6.